The maximum absolute atomic E-state index is 11.8. The summed E-state index contributed by atoms with van der Waals surface area (Å²) < 4.78 is 5.60. The zero-order valence-corrected chi connectivity index (χ0v) is 14.2. The number of benzene rings is 2. The molecule has 2 atom stereocenters. The number of piperidine rings is 1. The Balaban J connectivity index is 1.65. The van der Waals surface area contributed by atoms with Crippen LogP contribution in [0.3, 0.4) is 0 Å². The van der Waals surface area contributed by atoms with Crippen LogP contribution < -0.4 is 0 Å². The second-order valence-corrected chi connectivity index (χ2v) is 7.09. The summed E-state index contributed by atoms with van der Waals surface area (Å²) in [6.45, 7) is 2.89. The van der Waals surface area contributed by atoms with E-state index < -0.39 is 5.97 Å². The van der Waals surface area contributed by atoms with E-state index in [2.05, 4.69) is 41.3 Å². The summed E-state index contributed by atoms with van der Waals surface area (Å²) in [5.41, 5.74) is 2.27. The molecule has 130 valence electrons. The molecule has 4 nitrogen and oxygen atoms in total. The fraction of sp³-hybridized carbons (Fsp3) is 0.381. The van der Waals surface area contributed by atoms with Gasteiger partial charge in [0.15, 0.2) is 0 Å². The topological polar surface area (TPSA) is 49.8 Å². The van der Waals surface area contributed by atoms with Crippen molar-refractivity contribution in [2.45, 2.75) is 17.9 Å². The van der Waals surface area contributed by atoms with Crippen molar-refractivity contribution in [1.82, 2.24) is 4.90 Å². The zero-order valence-electron chi connectivity index (χ0n) is 14.2. The van der Waals surface area contributed by atoms with E-state index >= 15 is 0 Å². The molecule has 25 heavy (non-hydrogen) atoms. The first-order chi connectivity index (χ1) is 12.2. The van der Waals surface area contributed by atoms with E-state index in [-0.39, 0.29) is 17.4 Å². The number of rotatable bonds is 4. The molecular weight excluding hydrogens is 314 g/mol. The summed E-state index contributed by atoms with van der Waals surface area (Å²) in [5.74, 6) is -1.01. The lowest BCUT2D eigenvalue weighted by molar-refractivity contribution is -0.164. The van der Waals surface area contributed by atoms with Gasteiger partial charge in [-0.2, -0.15) is 0 Å². The van der Waals surface area contributed by atoms with Crippen LogP contribution in [0, 0.1) is 5.92 Å². The Morgan fingerprint density at radius 3 is 2.24 bits per heavy atom. The maximum atomic E-state index is 11.8. The number of ether oxygens (including phenoxy) is 1. The molecular formula is C21H23NO3. The second kappa shape index (κ2) is 6.62. The number of nitrogens with zero attached hydrogens (tertiary/aromatic N) is 1. The van der Waals surface area contributed by atoms with Crippen LogP contribution in [0.1, 0.15) is 23.5 Å². The van der Waals surface area contributed by atoms with Crippen LogP contribution in [-0.4, -0.2) is 42.3 Å². The molecule has 0 radical (unpaired) electrons. The van der Waals surface area contributed by atoms with Crippen molar-refractivity contribution >= 4 is 5.97 Å². The van der Waals surface area contributed by atoms with Crippen LogP contribution in [0.25, 0.3) is 0 Å². The van der Waals surface area contributed by atoms with E-state index in [1.54, 1.807) is 0 Å². The van der Waals surface area contributed by atoms with Crippen LogP contribution >= 0.6 is 0 Å². The number of carbonyl (C=O) groups is 1. The Kier molecular flexibility index (Phi) is 4.32. The van der Waals surface area contributed by atoms with Gasteiger partial charge in [0, 0.05) is 19.0 Å². The number of aliphatic carboxylic acids is 1. The summed E-state index contributed by atoms with van der Waals surface area (Å²) in [5, 5.41) is 9.70. The van der Waals surface area contributed by atoms with Crippen LogP contribution in [0.5, 0.6) is 0 Å². The van der Waals surface area contributed by atoms with Gasteiger partial charge in [0.25, 0.3) is 0 Å². The van der Waals surface area contributed by atoms with Gasteiger partial charge in [-0.05, 0) is 17.5 Å². The molecule has 0 amide bonds. The Labute approximate surface area is 148 Å². The predicted molar refractivity (Wildman–Crippen MR) is 95.4 cm³/mol. The monoisotopic (exact) mass is 337 g/mol. The zero-order chi connectivity index (χ0) is 17.3. The number of carboxylic acid groups (broad SMARTS) is 1. The molecule has 2 saturated heterocycles. The number of likely N-dealkylation sites (tertiary alicyclic amines) is 1. The number of hydrogen-bond acceptors (Lipinski definition) is 3. The molecule has 2 fully saturated rings. The van der Waals surface area contributed by atoms with E-state index in [1.807, 2.05) is 24.3 Å². The van der Waals surface area contributed by atoms with Crippen LogP contribution in [-0.2, 0) is 15.1 Å². The number of carboxylic acids is 1. The van der Waals surface area contributed by atoms with Crippen molar-refractivity contribution in [2.24, 2.45) is 5.92 Å². The molecule has 2 aliphatic heterocycles. The lowest BCUT2D eigenvalue weighted by atomic mass is 9.77. The van der Waals surface area contributed by atoms with Gasteiger partial charge in [-0.15, -0.1) is 0 Å². The summed E-state index contributed by atoms with van der Waals surface area (Å²) in [6, 6.07) is 20.5. The third-order valence-electron chi connectivity index (χ3n) is 5.76. The van der Waals surface area contributed by atoms with E-state index in [0.717, 1.165) is 18.7 Å². The van der Waals surface area contributed by atoms with E-state index in [4.69, 9.17) is 4.74 Å². The van der Waals surface area contributed by atoms with Gasteiger partial charge in [0.2, 0.25) is 0 Å². The third kappa shape index (κ3) is 2.86. The molecule has 0 aliphatic carbocycles. The highest BCUT2D eigenvalue weighted by Crippen LogP contribution is 2.42. The standard InChI is InChI=1S/C21H23NO3/c23-20(24)18-11-12-22(13-19(18)16-7-3-1-4-8-16)21(14-25-15-21)17-9-5-2-6-10-17/h1-10,18-19H,11-15H2,(H,23,24)/t18-,19+/m1/s1. The highest BCUT2D eigenvalue weighted by atomic mass is 16.5. The SMILES string of the molecule is O=C(O)[C@@H]1CCN(C2(c3ccccc3)COC2)C[C@H]1c1ccccc1. The predicted octanol–water partition coefficient (Wildman–Crippen LogP) is 3.10. The molecule has 1 N–H and O–H groups in total. The molecule has 2 aromatic rings. The van der Waals surface area contributed by atoms with E-state index in [1.165, 1.54) is 5.56 Å². The highest BCUT2D eigenvalue weighted by molar-refractivity contribution is 5.71. The van der Waals surface area contributed by atoms with Crippen LogP contribution in [0.2, 0.25) is 0 Å². The summed E-state index contributed by atoms with van der Waals surface area (Å²) in [7, 11) is 0. The van der Waals surface area contributed by atoms with Crippen molar-refractivity contribution in [3.05, 3.63) is 71.8 Å². The van der Waals surface area contributed by atoms with Gasteiger partial charge in [-0.1, -0.05) is 60.7 Å². The average molecular weight is 337 g/mol. The fourth-order valence-electron chi connectivity index (χ4n) is 4.25. The highest BCUT2D eigenvalue weighted by Gasteiger charge is 2.49. The first-order valence-corrected chi connectivity index (χ1v) is 8.87. The first-order valence-electron chi connectivity index (χ1n) is 8.87. The van der Waals surface area contributed by atoms with Crippen molar-refractivity contribution in [2.75, 3.05) is 26.3 Å². The minimum absolute atomic E-state index is 0.00800. The minimum atomic E-state index is -0.688. The lowest BCUT2D eigenvalue weighted by Crippen LogP contribution is -2.62. The average Bonchev–Trinajstić information content (AvgIpc) is 2.62. The Morgan fingerprint density at radius 1 is 1.04 bits per heavy atom. The van der Waals surface area contributed by atoms with E-state index in [0.29, 0.717) is 19.6 Å². The summed E-state index contributed by atoms with van der Waals surface area (Å²) in [6.07, 6.45) is 0.670. The fourth-order valence-corrected chi connectivity index (χ4v) is 4.25. The molecule has 2 aromatic carbocycles. The van der Waals surface area contributed by atoms with Crippen molar-refractivity contribution in [3.8, 4) is 0 Å². The molecule has 0 spiro atoms. The molecule has 2 heterocycles. The molecule has 0 unspecified atom stereocenters. The maximum Gasteiger partial charge on any atom is 0.307 e. The Bertz CT molecular complexity index is 727. The molecule has 0 aromatic heterocycles. The summed E-state index contributed by atoms with van der Waals surface area (Å²) in [4.78, 5) is 14.3. The smallest absolute Gasteiger partial charge is 0.307 e. The second-order valence-electron chi connectivity index (χ2n) is 7.09. The molecule has 2 aliphatic rings. The lowest BCUT2D eigenvalue weighted by Gasteiger charge is -2.53. The Morgan fingerprint density at radius 2 is 1.68 bits per heavy atom. The number of hydrogen-bond donors (Lipinski definition) is 1. The quantitative estimate of drug-likeness (QED) is 0.931. The van der Waals surface area contributed by atoms with Crippen molar-refractivity contribution < 1.29 is 14.6 Å². The van der Waals surface area contributed by atoms with E-state index in [9.17, 15) is 9.90 Å². The van der Waals surface area contributed by atoms with Crippen LogP contribution in [0.4, 0.5) is 0 Å². The summed E-state index contributed by atoms with van der Waals surface area (Å²) >= 11 is 0. The molecule has 4 heteroatoms. The van der Waals surface area contributed by atoms with Gasteiger partial charge in [0.1, 0.15) is 0 Å². The van der Waals surface area contributed by atoms with Gasteiger partial charge in [0.05, 0.1) is 24.7 Å². The van der Waals surface area contributed by atoms with Gasteiger partial charge < -0.3 is 9.84 Å². The first kappa shape index (κ1) is 16.3. The van der Waals surface area contributed by atoms with Gasteiger partial charge in [-0.3, -0.25) is 9.69 Å². The largest absolute Gasteiger partial charge is 0.481 e. The van der Waals surface area contributed by atoms with Crippen molar-refractivity contribution in [1.29, 1.82) is 0 Å². The van der Waals surface area contributed by atoms with Gasteiger partial charge in [-0.25, -0.2) is 0 Å². The molecule has 0 bridgehead atoms. The normalized spacial score (nSPS) is 25.9. The molecule has 0 saturated carbocycles. The minimum Gasteiger partial charge on any atom is -0.481 e. The molecule has 4 rings (SSSR count). The van der Waals surface area contributed by atoms with Crippen molar-refractivity contribution in [3.63, 3.8) is 0 Å². The van der Waals surface area contributed by atoms with Gasteiger partial charge >= 0.3 is 5.97 Å². The van der Waals surface area contributed by atoms with Crippen LogP contribution in [0.15, 0.2) is 60.7 Å². The third-order valence-corrected chi connectivity index (χ3v) is 5.76. The Hall–Kier alpha value is -2.17.